The van der Waals surface area contributed by atoms with E-state index in [0.717, 1.165) is 0 Å². The lowest BCUT2D eigenvalue weighted by atomic mass is 10.2. The van der Waals surface area contributed by atoms with Crippen LogP contribution in [0.5, 0.6) is 0 Å². The number of benzene rings is 1. The van der Waals surface area contributed by atoms with Crippen molar-refractivity contribution in [2.45, 2.75) is 26.1 Å². The number of hydrogen-bond donors (Lipinski definition) is 0. The predicted octanol–water partition coefficient (Wildman–Crippen LogP) is 1.99. The Hall–Kier alpha value is -2.59. The zero-order valence-electron chi connectivity index (χ0n) is 15.8. The highest BCUT2D eigenvalue weighted by atomic mass is 19.1. The number of morpholine rings is 1. The topological polar surface area (TPSA) is 59.8 Å². The molecule has 27 heavy (non-hydrogen) atoms. The van der Waals surface area contributed by atoms with Gasteiger partial charge in [0.1, 0.15) is 17.5 Å². The van der Waals surface area contributed by atoms with E-state index in [0.29, 0.717) is 45.0 Å². The summed E-state index contributed by atoms with van der Waals surface area (Å²) in [4.78, 5) is 18.3. The molecule has 2 aliphatic rings. The number of halogens is 1. The third-order valence-corrected chi connectivity index (χ3v) is 4.88. The molecule has 2 aliphatic heterocycles. The minimum Gasteiger partial charge on any atom is -0.373 e. The van der Waals surface area contributed by atoms with E-state index in [1.54, 1.807) is 23.2 Å². The standard InChI is InChI=1S/C20H25FN4O2/c1-15-12-25(13-16(2)27-15)20(26)17(11-22)14-23-7-9-24(10-8-23)19-6-4-3-5-18(19)21/h3-6,14-16H,7-10,12-13H2,1-2H3/b17-14-. The highest BCUT2D eigenvalue weighted by Gasteiger charge is 2.28. The summed E-state index contributed by atoms with van der Waals surface area (Å²) in [6.07, 6.45) is 1.56. The monoisotopic (exact) mass is 372 g/mol. The van der Waals surface area contributed by atoms with Crippen molar-refractivity contribution < 1.29 is 13.9 Å². The molecule has 0 bridgehead atoms. The first kappa shape index (κ1) is 19.2. The van der Waals surface area contributed by atoms with Crippen LogP contribution in [0.3, 0.4) is 0 Å². The number of anilines is 1. The molecule has 2 unspecified atom stereocenters. The lowest BCUT2D eigenvalue weighted by Crippen LogP contribution is -2.49. The number of piperazine rings is 1. The molecule has 0 radical (unpaired) electrons. The molecule has 7 heteroatoms. The Labute approximate surface area is 159 Å². The number of hydrogen-bond acceptors (Lipinski definition) is 5. The van der Waals surface area contributed by atoms with Crippen LogP contribution in [0, 0.1) is 17.1 Å². The van der Waals surface area contributed by atoms with Crippen molar-refractivity contribution in [1.82, 2.24) is 9.80 Å². The van der Waals surface area contributed by atoms with E-state index >= 15 is 0 Å². The van der Waals surface area contributed by atoms with Gasteiger partial charge in [0.25, 0.3) is 5.91 Å². The molecule has 6 nitrogen and oxygen atoms in total. The van der Waals surface area contributed by atoms with Gasteiger partial charge in [0.15, 0.2) is 0 Å². The molecule has 2 fully saturated rings. The van der Waals surface area contributed by atoms with Gasteiger partial charge in [-0.25, -0.2) is 4.39 Å². The van der Waals surface area contributed by atoms with Crippen LogP contribution in [0.2, 0.25) is 0 Å². The van der Waals surface area contributed by atoms with Crippen molar-refractivity contribution in [1.29, 1.82) is 5.26 Å². The van der Waals surface area contributed by atoms with E-state index in [4.69, 9.17) is 4.74 Å². The van der Waals surface area contributed by atoms with Crippen LogP contribution < -0.4 is 4.90 Å². The average Bonchev–Trinajstić information content (AvgIpc) is 2.66. The quantitative estimate of drug-likeness (QED) is 0.600. The van der Waals surface area contributed by atoms with Crippen LogP contribution in [0.4, 0.5) is 10.1 Å². The zero-order chi connectivity index (χ0) is 19.4. The van der Waals surface area contributed by atoms with Gasteiger partial charge >= 0.3 is 0 Å². The lowest BCUT2D eigenvalue weighted by molar-refractivity contribution is -0.138. The number of nitriles is 1. The summed E-state index contributed by atoms with van der Waals surface area (Å²) in [7, 11) is 0. The fraction of sp³-hybridized carbons (Fsp3) is 0.500. The van der Waals surface area contributed by atoms with Gasteiger partial charge in [-0.15, -0.1) is 0 Å². The molecule has 3 rings (SSSR count). The first-order valence-electron chi connectivity index (χ1n) is 9.28. The Morgan fingerprint density at radius 1 is 1.19 bits per heavy atom. The third kappa shape index (κ3) is 4.58. The summed E-state index contributed by atoms with van der Waals surface area (Å²) >= 11 is 0. The smallest absolute Gasteiger partial charge is 0.266 e. The van der Waals surface area contributed by atoms with E-state index in [9.17, 15) is 14.4 Å². The molecule has 0 saturated carbocycles. The van der Waals surface area contributed by atoms with Crippen LogP contribution in [-0.4, -0.2) is 67.2 Å². The zero-order valence-corrected chi connectivity index (χ0v) is 15.8. The summed E-state index contributed by atoms with van der Waals surface area (Å²) in [6.45, 7) is 7.35. The van der Waals surface area contributed by atoms with Gasteiger partial charge in [0.05, 0.1) is 17.9 Å². The van der Waals surface area contributed by atoms with Gasteiger partial charge in [-0.05, 0) is 26.0 Å². The van der Waals surface area contributed by atoms with Gasteiger partial charge in [-0.3, -0.25) is 4.79 Å². The maximum atomic E-state index is 13.9. The fourth-order valence-corrected chi connectivity index (χ4v) is 3.63. The van der Waals surface area contributed by atoms with E-state index in [1.807, 2.05) is 35.8 Å². The summed E-state index contributed by atoms with van der Waals surface area (Å²) in [6, 6.07) is 8.77. The predicted molar refractivity (Wildman–Crippen MR) is 100 cm³/mol. The van der Waals surface area contributed by atoms with Crippen LogP contribution in [-0.2, 0) is 9.53 Å². The van der Waals surface area contributed by atoms with Crippen molar-refractivity contribution in [3.05, 3.63) is 41.9 Å². The highest BCUT2D eigenvalue weighted by molar-refractivity contribution is 5.97. The van der Waals surface area contributed by atoms with E-state index in [1.165, 1.54) is 6.07 Å². The summed E-state index contributed by atoms with van der Waals surface area (Å²) in [5, 5.41) is 9.47. The molecule has 1 amide bonds. The molecule has 2 atom stereocenters. The maximum absolute atomic E-state index is 13.9. The van der Waals surface area contributed by atoms with Crippen LogP contribution in [0.15, 0.2) is 36.0 Å². The fourth-order valence-electron chi connectivity index (χ4n) is 3.63. The number of nitrogens with zero attached hydrogens (tertiary/aromatic N) is 4. The van der Waals surface area contributed by atoms with Gasteiger partial charge in [-0.1, -0.05) is 12.1 Å². The first-order valence-corrected chi connectivity index (χ1v) is 9.28. The van der Waals surface area contributed by atoms with E-state index in [2.05, 4.69) is 0 Å². The maximum Gasteiger partial charge on any atom is 0.266 e. The number of para-hydroxylation sites is 1. The van der Waals surface area contributed by atoms with Crippen molar-refractivity contribution in [3.8, 4) is 6.07 Å². The average molecular weight is 372 g/mol. The number of ether oxygens (including phenoxy) is 1. The number of amides is 1. The molecule has 0 N–H and O–H groups in total. The Bertz CT molecular complexity index is 743. The van der Waals surface area contributed by atoms with E-state index in [-0.39, 0.29) is 29.5 Å². The molecule has 1 aromatic rings. The SMILES string of the molecule is CC1CN(C(=O)/C(C#N)=C\N2CCN(c3ccccc3F)CC2)CC(C)O1. The van der Waals surface area contributed by atoms with Crippen molar-refractivity contribution in [3.63, 3.8) is 0 Å². The second-order valence-corrected chi connectivity index (χ2v) is 7.10. The Morgan fingerprint density at radius 3 is 2.41 bits per heavy atom. The van der Waals surface area contributed by atoms with Crippen LogP contribution in [0.25, 0.3) is 0 Å². The Balaban J connectivity index is 1.63. The van der Waals surface area contributed by atoms with Gasteiger partial charge in [-0.2, -0.15) is 5.26 Å². The van der Waals surface area contributed by atoms with Gasteiger partial charge < -0.3 is 19.4 Å². The minimum atomic E-state index is -0.254. The Kier molecular flexibility index (Phi) is 5.97. The largest absolute Gasteiger partial charge is 0.373 e. The molecule has 0 spiro atoms. The first-order chi connectivity index (χ1) is 13.0. The molecular weight excluding hydrogens is 347 g/mol. The highest BCUT2D eigenvalue weighted by Crippen LogP contribution is 2.21. The van der Waals surface area contributed by atoms with Crippen molar-refractivity contribution >= 4 is 11.6 Å². The van der Waals surface area contributed by atoms with Gasteiger partial charge in [0.2, 0.25) is 0 Å². The summed E-state index contributed by atoms with van der Waals surface area (Å²) in [5.74, 6) is -0.485. The van der Waals surface area contributed by atoms with Crippen LogP contribution >= 0.6 is 0 Å². The number of carbonyl (C=O) groups is 1. The third-order valence-electron chi connectivity index (χ3n) is 4.88. The van der Waals surface area contributed by atoms with Crippen molar-refractivity contribution in [2.75, 3.05) is 44.2 Å². The summed E-state index contributed by atoms with van der Waals surface area (Å²) in [5.41, 5.74) is 0.727. The normalized spacial score (nSPS) is 23.9. The van der Waals surface area contributed by atoms with Gasteiger partial charge in [0, 0.05) is 45.5 Å². The molecule has 1 aromatic carbocycles. The molecule has 2 saturated heterocycles. The molecule has 2 heterocycles. The number of carbonyl (C=O) groups excluding carboxylic acids is 1. The molecule has 0 aliphatic carbocycles. The second-order valence-electron chi connectivity index (χ2n) is 7.10. The summed E-state index contributed by atoms with van der Waals surface area (Å²) < 4.78 is 19.6. The number of rotatable bonds is 3. The van der Waals surface area contributed by atoms with Crippen LogP contribution in [0.1, 0.15) is 13.8 Å². The second kappa shape index (κ2) is 8.40. The lowest BCUT2D eigenvalue weighted by Gasteiger charge is -2.37. The van der Waals surface area contributed by atoms with E-state index < -0.39 is 0 Å². The van der Waals surface area contributed by atoms with Crippen molar-refractivity contribution in [2.24, 2.45) is 0 Å². The Morgan fingerprint density at radius 2 is 1.81 bits per heavy atom. The molecular formula is C20H25FN4O2. The molecule has 144 valence electrons. The minimum absolute atomic E-state index is 0.0399. The molecule has 0 aromatic heterocycles.